The SMILES string of the molecule is COc1cc(/C=C/C(=O)O)cc(OCc2ccccc2)c1OCc1ccccc1. The highest BCUT2D eigenvalue weighted by Gasteiger charge is 2.15. The second-order valence-electron chi connectivity index (χ2n) is 6.27. The van der Waals surface area contributed by atoms with Crippen molar-refractivity contribution in [3.8, 4) is 17.2 Å². The molecule has 29 heavy (non-hydrogen) atoms. The predicted octanol–water partition coefficient (Wildman–Crippen LogP) is 4.95. The fraction of sp³-hybridized carbons (Fsp3) is 0.125. The lowest BCUT2D eigenvalue weighted by Gasteiger charge is -2.17. The van der Waals surface area contributed by atoms with Gasteiger partial charge >= 0.3 is 5.97 Å². The van der Waals surface area contributed by atoms with E-state index in [-0.39, 0.29) is 0 Å². The van der Waals surface area contributed by atoms with Crippen LogP contribution in [0, 0.1) is 0 Å². The van der Waals surface area contributed by atoms with Crippen LogP contribution < -0.4 is 14.2 Å². The molecule has 0 amide bonds. The van der Waals surface area contributed by atoms with E-state index in [9.17, 15) is 4.79 Å². The van der Waals surface area contributed by atoms with E-state index in [0.29, 0.717) is 36.0 Å². The van der Waals surface area contributed by atoms with E-state index >= 15 is 0 Å². The Bertz CT molecular complexity index is 965. The van der Waals surface area contributed by atoms with Crippen LogP contribution in [-0.2, 0) is 18.0 Å². The number of carbonyl (C=O) groups is 1. The molecule has 1 N–H and O–H groups in total. The van der Waals surface area contributed by atoms with Crippen LogP contribution in [0.15, 0.2) is 78.9 Å². The van der Waals surface area contributed by atoms with Gasteiger partial charge in [-0.25, -0.2) is 4.79 Å². The lowest BCUT2D eigenvalue weighted by atomic mass is 10.1. The summed E-state index contributed by atoms with van der Waals surface area (Å²) in [5.74, 6) is 0.394. The molecular weight excluding hydrogens is 368 g/mol. The summed E-state index contributed by atoms with van der Waals surface area (Å²) in [5.41, 5.74) is 2.66. The molecule has 148 valence electrons. The molecule has 3 aromatic rings. The van der Waals surface area contributed by atoms with E-state index < -0.39 is 5.97 Å². The van der Waals surface area contributed by atoms with Crippen molar-refractivity contribution in [2.75, 3.05) is 7.11 Å². The van der Waals surface area contributed by atoms with Crippen LogP contribution in [0.5, 0.6) is 17.2 Å². The van der Waals surface area contributed by atoms with Gasteiger partial charge in [0.1, 0.15) is 13.2 Å². The third-order valence-electron chi connectivity index (χ3n) is 4.14. The summed E-state index contributed by atoms with van der Waals surface area (Å²) in [6, 6.07) is 23.0. The number of ether oxygens (including phenoxy) is 3. The molecule has 0 spiro atoms. The second-order valence-corrected chi connectivity index (χ2v) is 6.27. The average Bonchev–Trinajstić information content (AvgIpc) is 2.76. The summed E-state index contributed by atoms with van der Waals surface area (Å²) in [7, 11) is 1.54. The van der Waals surface area contributed by atoms with E-state index in [4.69, 9.17) is 19.3 Å². The molecule has 5 nitrogen and oxygen atoms in total. The number of carboxylic acids is 1. The third kappa shape index (κ3) is 5.87. The first kappa shape index (κ1) is 20.0. The molecule has 0 unspecified atom stereocenters. The second kappa shape index (κ2) is 9.99. The zero-order chi connectivity index (χ0) is 20.5. The van der Waals surface area contributed by atoms with Gasteiger partial charge < -0.3 is 19.3 Å². The van der Waals surface area contributed by atoms with Gasteiger partial charge in [-0.15, -0.1) is 0 Å². The topological polar surface area (TPSA) is 65.0 Å². The van der Waals surface area contributed by atoms with Gasteiger partial charge in [-0.3, -0.25) is 0 Å². The third-order valence-corrected chi connectivity index (χ3v) is 4.14. The van der Waals surface area contributed by atoms with Crippen LogP contribution in [0.3, 0.4) is 0 Å². The van der Waals surface area contributed by atoms with Crippen LogP contribution in [0.25, 0.3) is 6.08 Å². The molecule has 3 rings (SSSR count). The van der Waals surface area contributed by atoms with Gasteiger partial charge in [0.05, 0.1) is 7.11 Å². The largest absolute Gasteiger partial charge is 0.493 e. The molecule has 0 aromatic heterocycles. The highest BCUT2D eigenvalue weighted by atomic mass is 16.5. The molecule has 0 aliphatic rings. The van der Waals surface area contributed by atoms with Gasteiger partial charge in [0, 0.05) is 6.08 Å². The lowest BCUT2D eigenvalue weighted by Crippen LogP contribution is -2.03. The first-order chi connectivity index (χ1) is 14.2. The Balaban J connectivity index is 1.90. The molecular formula is C24H22O5. The minimum Gasteiger partial charge on any atom is -0.493 e. The molecule has 0 saturated heterocycles. The minimum atomic E-state index is -1.03. The lowest BCUT2D eigenvalue weighted by molar-refractivity contribution is -0.131. The zero-order valence-electron chi connectivity index (χ0n) is 16.1. The van der Waals surface area contributed by atoms with Crippen molar-refractivity contribution in [1.82, 2.24) is 0 Å². The van der Waals surface area contributed by atoms with Crippen LogP contribution in [-0.4, -0.2) is 18.2 Å². The van der Waals surface area contributed by atoms with Crippen molar-refractivity contribution in [2.45, 2.75) is 13.2 Å². The van der Waals surface area contributed by atoms with Crippen molar-refractivity contribution in [2.24, 2.45) is 0 Å². The van der Waals surface area contributed by atoms with E-state index in [1.54, 1.807) is 12.1 Å². The Morgan fingerprint density at radius 2 is 1.41 bits per heavy atom. The number of hydrogen-bond acceptors (Lipinski definition) is 4. The van der Waals surface area contributed by atoms with Gasteiger partial charge in [-0.05, 0) is 34.9 Å². The Morgan fingerprint density at radius 3 is 1.97 bits per heavy atom. The van der Waals surface area contributed by atoms with Crippen molar-refractivity contribution < 1.29 is 24.1 Å². The summed E-state index contributed by atoms with van der Waals surface area (Å²) < 4.78 is 17.5. The quantitative estimate of drug-likeness (QED) is 0.524. The van der Waals surface area contributed by atoms with Gasteiger partial charge in [0.15, 0.2) is 11.5 Å². The van der Waals surface area contributed by atoms with Gasteiger partial charge in [0.2, 0.25) is 5.75 Å². The fourth-order valence-electron chi connectivity index (χ4n) is 2.73. The maximum Gasteiger partial charge on any atom is 0.328 e. The van der Waals surface area contributed by atoms with Crippen LogP contribution in [0.1, 0.15) is 16.7 Å². The highest BCUT2D eigenvalue weighted by molar-refractivity contribution is 5.85. The smallest absolute Gasteiger partial charge is 0.328 e. The predicted molar refractivity (Wildman–Crippen MR) is 111 cm³/mol. The van der Waals surface area contributed by atoms with Crippen molar-refractivity contribution in [3.63, 3.8) is 0 Å². The summed E-state index contributed by atoms with van der Waals surface area (Å²) in [6.45, 7) is 0.695. The first-order valence-electron chi connectivity index (χ1n) is 9.12. The fourth-order valence-corrected chi connectivity index (χ4v) is 2.73. The Labute approximate surface area is 169 Å². The monoisotopic (exact) mass is 390 g/mol. The van der Waals surface area contributed by atoms with Crippen LogP contribution >= 0.6 is 0 Å². The summed E-state index contributed by atoms with van der Waals surface area (Å²) >= 11 is 0. The first-order valence-corrected chi connectivity index (χ1v) is 9.12. The maximum absolute atomic E-state index is 10.9. The molecule has 0 aliphatic heterocycles. The Kier molecular flexibility index (Phi) is 6.90. The summed E-state index contributed by atoms with van der Waals surface area (Å²) in [5, 5.41) is 8.91. The summed E-state index contributed by atoms with van der Waals surface area (Å²) in [6.07, 6.45) is 2.56. The van der Waals surface area contributed by atoms with Crippen molar-refractivity contribution in [3.05, 3.63) is 95.6 Å². The molecule has 0 fully saturated rings. The molecule has 0 atom stereocenters. The average molecular weight is 390 g/mol. The number of methoxy groups -OCH3 is 1. The summed E-state index contributed by atoms with van der Waals surface area (Å²) in [4.78, 5) is 10.9. The number of hydrogen-bond donors (Lipinski definition) is 1. The molecule has 0 saturated carbocycles. The molecule has 5 heteroatoms. The van der Waals surface area contributed by atoms with E-state index in [1.807, 2.05) is 60.7 Å². The Morgan fingerprint density at radius 1 is 0.862 bits per heavy atom. The van der Waals surface area contributed by atoms with Gasteiger partial charge in [0.25, 0.3) is 0 Å². The van der Waals surface area contributed by atoms with E-state index in [1.165, 1.54) is 13.2 Å². The molecule has 0 bridgehead atoms. The highest BCUT2D eigenvalue weighted by Crippen LogP contribution is 2.40. The molecule has 3 aromatic carbocycles. The van der Waals surface area contributed by atoms with Gasteiger partial charge in [-0.2, -0.15) is 0 Å². The van der Waals surface area contributed by atoms with Gasteiger partial charge in [-0.1, -0.05) is 60.7 Å². The zero-order valence-corrected chi connectivity index (χ0v) is 16.1. The van der Waals surface area contributed by atoms with Crippen LogP contribution in [0.4, 0.5) is 0 Å². The normalized spacial score (nSPS) is 10.7. The van der Waals surface area contributed by atoms with Crippen molar-refractivity contribution in [1.29, 1.82) is 0 Å². The molecule has 0 radical (unpaired) electrons. The number of carboxylic acid groups (broad SMARTS) is 1. The van der Waals surface area contributed by atoms with E-state index in [2.05, 4.69) is 0 Å². The maximum atomic E-state index is 10.9. The van der Waals surface area contributed by atoms with E-state index in [0.717, 1.165) is 17.2 Å². The number of rotatable bonds is 9. The standard InChI is InChI=1S/C24H22O5/c1-27-21-14-20(12-13-23(25)26)15-22(28-16-18-8-4-2-5-9-18)24(21)29-17-19-10-6-3-7-11-19/h2-15H,16-17H2,1H3,(H,25,26)/b13-12+. The Hall–Kier alpha value is -3.73. The molecule has 0 heterocycles. The molecule has 0 aliphatic carbocycles. The number of aliphatic carboxylic acids is 1. The number of benzene rings is 3. The van der Waals surface area contributed by atoms with Crippen LogP contribution in [0.2, 0.25) is 0 Å². The minimum absolute atomic E-state index is 0.345. The van der Waals surface area contributed by atoms with Crippen molar-refractivity contribution >= 4 is 12.0 Å².